The van der Waals surface area contributed by atoms with Crippen molar-refractivity contribution in [1.82, 2.24) is 4.57 Å². The number of rotatable bonds is 1. The van der Waals surface area contributed by atoms with Gasteiger partial charge in [-0.2, -0.15) is 0 Å². The van der Waals surface area contributed by atoms with Crippen LogP contribution in [0.3, 0.4) is 0 Å². The molecule has 110 valence electrons. The Kier molecular flexibility index (Phi) is 2.64. The van der Waals surface area contributed by atoms with Crippen molar-refractivity contribution in [2.24, 2.45) is 0 Å². The van der Waals surface area contributed by atoms with Gasteiger partial charge in [0.25, 0.3) is 0 Å². The van der Waals surface area contributed by atoms with E-state index in [4.69, 9.17) is 33.7 Å². The molecule has 1 fully saturated rings. The molecule has 21 heavy (non-hydrogen) atoms. The third-order valence-corrected chi connectivity index (χ3v) is 4.89. The quantitative estimate of drug-likeness (QED) is 0.698. The molecule has 1 aromatic carbocycles. The summed E-state index contributed by atoms with van der Waals surface area (Å²) in [6.07, 6.45) is 1.35. The molecule has 0 amide bonds. The molecule has 3 heterocycles. The zero-order valence-corrected chi connectivity index (χ0v) is 12.3. The number of hydrogen-bond acceptors (Lipinski definition) is 4. The Bertz CT molecular complexity index is 739. The normalized spacial score (nSPS) is 22.8. The fourth-order valence-electron chi connectivity index (χ4n) is 3.25. The Morgan fingerprint density at radius 3 is 2.14 bits per heavy atom. The Morgan fingerprint density at radius 2 is 1.57 bits per heavy atom. The number of aromatic hydroxyl groups is 2. The van der Waals surface area contributed by atoms with Crippen molar-refractivity contribution in [2.75, 3.05) is 5.73 Å². The third kappa shape index (κ3) is 1.62. The highest BCUT2D eigenvalue weighted by Gasteiger charge is 2.45. The lowest BCUT2D eigenvalue weighted by Gasteiger charge is -2.13. The second-order valence-electron chi connectivity index (χ2n) is 5.33. The second-order valence-corrected chi connectivity index (χ2v) is 6.14. The number of nitrogens with two attached hydrogens (primary N) is 1. The first kappa shape index (κ1) is 13.1. The van der Waals surface area contributed by atoms with Gasteiger partial charge in [0.05, 0.1) is 44.8 Å². The van der Waals surface area contributed by atoms with Crippen molar-refractivity contribution in [3.8, 4) is 17.4 Å². The minimum atomic E-state index is -0.166. The Hall–Kier alpha value is -1.56. The van der Waals surface area contributed by atoms with E-state index in [1.54, 1.807) is 0 Å². The van der Waals surface area contributed by atoms with Crippen LogP contribution in [-0.4, -0.2) is 14.8 Å². The summed E-state index contributed by atoms with van der Waals surface area (Å²) in [6, 6.07) is 3.02. The molecular weight excluding hydrogens is 315 g/mol. The molecule has 0 radical (unpaired) electrons. The van der Waals surface area contributed by atoms with Crippen molar-refractivity contribution in [3.63, 3.8) is 0 Å². The van der Waals surface area contributed by atoms with E-state index < -0.39 is 0 Å². The van der Waals surface area contributed by atoms with Crippen molar-refractivity contribution in [2.45, 2.75) is 25.0 Å². The number of nitrogens with zero attached hydrogens (tertiary/aromatic N) is 1. The van der Waals surface area contributed by atoms with Crippen LogP contribution >= 0.6 is 23.2 Å². The first-order valence-corrected chi connectivity index (χ1v) is 7.31. The highest BCUT2D eigenvalue weighted by Crippen LogP contribution is 2.58. The Labute approximate surface area is 130 Å². The summed E-state index contributed by atoms with van der Waals surface area (Å²) in [5, 5.41) is 21.6. The van der Waals surface area contributed by atoms with E-state index >= 15 is 0 Å². The van der Waals surface area contributed by atoms with E-state index in [0.717, 1.165) is 12.8 Å². The molecule has 2 aliphatic heterocycles. The first-order chi connectivity index (χ1) is 9.99. The van der Waals surface area contributed by atoms with Gasteiger partial charge in [-0.15, -0.1) is 0 Å². The predicted octanol–water partition coefficient (Wildman–Crippen LogP) is 3.68. The number of benzene rings is 1. The van der Waals surface area contributed by atoms with Crippen molar-refractivity contribution < 1.29 is 14.9 Å². The Morgan fingerprint density at radius 1 is 1.05 bits per heavy atom. The minimum absolute atomic E-state index is 0.0558. The maximum Gasteiger partial charge on any atom is 0.205 e. The summed E-state index contributed by atoms with van der Waals surface area (Å²) in [5.41, 5.74) is 7.95. The van der Waals surface area contributed by atoms with Crippen LogP contribution in [0.4, 0.5) is 5.69 Å². The molecule has 1 saturated heterocycles. The van der Waals surface area contributed by atoms with Crippen LogP contribution < -0.4 is 5.73 Å². The SMILES string of the molecule is Nc1cc(Cl)c(Cl)cc1-n1c(O)c2c(c1O)[C@H]1CC[C@@H]2O1. The van der Waals surface area contributed by atoms with Crippen LogP contribution in [0.2, 0.25) is 10.0 Å². The van der Waals surface area contributed by atoms with Crippen LogP contribution in [0.5, 0.6) is 11.8 Å². The molecule has 0 saturated carbocycles. The van der Waals surface area contributed by atoms with E-state index in [1.165, 1.54) is 16.7 Å². The molecule has 4 rings (SSSR count). The molecule has 4 N–H and O–H groups in total. The summed E-state index contributed by atoms with van der Waals surface area (Å²) in [7, 11) is 0. The molecular formula is C14H12Cl2N2O3. The average Bonchev–Trinajstić information content (AvgIpc) is 3.09. The largest absolute Gasteiger partial charge is 0.494 e. The van der Waals surface area contributed by atoms with Crippen molar-refractivity contribution in [1.29, 1.82) is 0 Å². The van der Waals surface area contributed by atoms with Gasteiger partial charge in [0.1, 0.15) is 0 Å². The Balaban J connectivity index is 1.98. The van der Waals surface area contributed by atoms with Gasteiger partial charge in [0.2, 0.25) is 11.8 Å². The van der Waals surface area contributed by atoms with E-state index in [2.05, 4.69) is 0 Å². The molecule has 2 aromatic rings. The molecule has 2 atom stereocenters. The lowest BCUT2D eigenvalue weighted by Crippen LogP contribution is -2.01. The average molecular weight is 327 g/mol. The summed E-state index contributed by atoms with van der Waals surface area (Å²) in [4.78, 5) is 0. The van der Waals surface area contributed by atoms with Crippen LogP contribution in [0.15, 0.2) is 12.1 Å². The van der Waals surface area contributed by atoms with Crippen molar-refractivity contribution >= 4 is 28.9 Å². The lowest BCUT2D eigenvalue weighted by molar-refractivity contribution is 0.0683. The topological polar surface area (TPSA) is 80.6 Å². The number of anilines is 1. The van der Waals surface area contributed by atoms with Gasteiger partial charge >= 0.3 is 0 Å². The highest BCUT2D eigenvalue weighted by molar-refractivity contribution is 6.42. The minimum Gasteiger partial charge on any atom is -0.494 e. The van der Waals surface area contributed by atoms with Gasteiger partial charge in [0, 0.05) is 0 Å². The van der Waals surface area contributed by atoms with E-state index in [1.807, 2.05) is 0 Å². The summed E-state index contributed by atoms with van der Waals surface area (Å²) in [6.45, 7) is 0. The molecule has 0 unspecified atom stereocenters. The lowest BCUT2D eigenvalue weighted by atomic mass is 9.95. The molecule has 2 bridgehead atoms. The molecule has 0 spiro atoms. The van der Waals surface area contributed by atoms with E-state index in [-0.39, 0.29) is 24.0 Å². The predicted molar refractivity (Wildman–Crippen MR) is 79.3 cm³/mol. The van der Waals surface area contributed by atoms with Crippen LogP contribution in [-0.2, 0) is 4.74 Å². The number of halogens is 2. The molecule has 5 nitrogen and oxygen atoms in total. The zero-order chi connectivity index (χ0) is 14.9. The summed E-state index contributed by atoms with van der Waals surface area (Å²) in [5.74, 6) is -0.112. The highest BCUT2D eigenvalue weighted by atomic mass is 35.5. The van der Waals surface area contributed by atoms with Gasteiger partial charge in [-0.3, -0.25) is 0 Å². The number of hydrogen-bond donors (Lipinski definition) is 3. The number of ether oxygens (including phenoxy) is 1. The van der Waals surface area contributed by atoms with Crippen LogP contribution in [0, 0.1) is 0 Å². The summed E-state index contributed by atoms with van der Waals surface area (Å²) >= 11 is 11.9. The number of fused-ring (bicyclic) bond motifs is 5. The molecule has 0 aliphatic carbocycles. The van der Waals surface area contributed by atoms with E-state index in [0.29, 0.717) is 32.5 Å². The first-order valence-electron chi connectivity index (χ1n) is 6.55. The second kappa shape index (κ2) is 4.22. The zero-order valence-electron chi connectivity index (χ0n) is 10.8. The van der Waals surface area contributed by atoms with Gasteiger partial charge in [-0.1, -0.05) is 23.2 Å². The fourth-order valence-corrected chi connectivity index (χ4v) is 3.58. The molecule has 1 aromatic heterocycles. The number of nitrogen functional groups attached to an aromatic ring is 1. The fraction of sp³-hybridized carbons (Fsp3) is 0.286. The molecule has 7 heteroatoms. The van der Waals surface area contributed by atoms with Crippen LogP contribution in [0.1, 0.15) is 36.2 Å². The maximum absolute atomic E-state index is 10.5. The van der Waals surface area contributed by atoms with Gasteiger partial charge < -0.3 is 20.7 Å². The van der Waals surface area contributed by atoms with Gasteiger partial charge in [-0.05, 0) is 25.0 Å². The maximum atomic E-state index is 10.5. The smallest absolute Gasteiger partial charge is 0.205 e. The molecule has 2 aliphatic rings. The monoisotopic (exact) mass is 326 g/mol. The standard InChI is InChI=1S/C14H12Cl2N2O3/c15-5-3-7(17)8(4-6(5)16)18-13(19)11-9-1-2-10(21-9)12(11)14(18)20/h3-4,9-10,19-20H,1-2,17H2/t9-,10+. The van der Waals surface area contributed by atoms with Gasteiger partial charge in [0.15, 0.2) is 0 Å². The van der Waals surface area contributed by atoms with E-state index in [9.17, 15) is 10.2 Å². The van der Waals surface area contributed by atoms with Crippen molar-refractivity contribution in [3.05, 3.63) is 33.3 Å². The van der Waals surface area contributed by atoms with Gasteiger partial charge in [-0.25, -0.2) is 4.57 Å². The number of aromatic nitrogens is 1. The summed E-state index contributed by atoms with van der Waals surface area (Å²) < 4.78 is 7.00. The third-order valence-electron chi connectivity index (χ3n) is 4.17. The van der Waals surface area contributed by atoms with Crippen LogP contribution in [0.25, 0.3) is 5.69 Å².